The summed E-state index contributed by atoms with van der Waals surface area (Å²) < 4.78 is 5.69. The Balaban J connectivity index is 1.41. The molecule has 0 aliphatic heterocycles. The van der Waals surface area contributed by atoms with Gasteiger partial charge in [-0.3, -0.25) is 4.90 Å². The molecule has 112 valence electrons. The molecule has 0 spiro atoms. The Morgan fingerprint density at radius 3 is 2.81 bits per heavy atom. The maximum absolute atomic E-state index is 5.69. The highest BCUT2D eigenvalue weighted by Crippen LogP contribution is 2.31. The second-order valence-electron chi connectivity index (χ2n) is 6.29. The first kappa shape index (κ1) is 13.6. The maximum Gasteiger partial charge on any atom is 0.122 e. The summed E-state index contributed by atoms with van der Waals surface area (Å²) in [6, 6.07) is 5.88. The molecular weight excluding hydrogens is 280 g/mol. The predicted octanol–water partition coefficient (Wildman–Crippen LogP) is 3.76. The van der Waals surface area contributed by atoms with Crippen LogP contribution in [0.5, 0.6) is 0 Å². The lowest BCUT2D eigenvalue weighted by molar-refractivity contribution is 0.243. The normalized spacial score (nSPS) is 18.5. The van der Waals surface area contributed by atoms with E-state index in [2.05, 4.69) is 33.1 Å². The predicted molar refractivity (Wildman–Crippen MR) is 85.2 cm³/mol. The first-order chi connectivity index (χ1) is 10.4. The lowest BCUT2D eigenvalue weighted by atomic mass is 10.2. The van der Waals surface area contributed by atoms with Crippen molar-refractivity contribution in [3.8, 4) is 0 Å². The van der Waals surface area contributed by atoms with Gasteiger partial charge < -0.3 is 9.73 Å². The van der Waals surface area contributed by atoms with Gasteiger partial charge in [-0.1, -0.05) is 0 Å². The van der Waals surface area contributed by atoms with Crippen LogP contribution in [0, 0.1) is 0 Å². The van der Waals surface area contributed by atoms with E-state index in [1.54, 1.807) is 11.3 Å². The molecule has 2 heterocycles. The average molecular weight is 302 g/mol. The molecule has 0 aromatic carbocycles. The van der Waals surface area contributed by atoms with Crippen molar-refractivity contribution in [2.75, 3.05) is 0 Å². The second kappa shape index (κ2) is 5.95. The van der Waals surface area contributed by atoms with Crippen molar-refractivity contribution in [2.24, 2.45) is 0 Å². The molecule has 0 saturated heterocycles. The monoisotopic (exact) mass is 302 g/mol. The van der Waals surface area contributed by atoms with Gasteiger partial charge in [0, 0.05) is 30.7 Å². The topological polar surface area (TPSA) is 28.4 Å². The van der Waals surface area contributed by atoms with Crippen LogP contribution in [0.4, 0.5) is 0 Å². The molecule has 2 aliphatic carbocycles. The molecule has 0 unspecified atom stereocenters. The van der Waals surface area contributed by atoms with Gasteiger partial charge in [-0.15, -0.1) is 0 Å². The number of nitrogens with one attached hydrogen (secondary N) is 1. The molecule has 0 bridgehead atoms. The maximum atomic E-state index is 5.69. The average Bonchev–Trinajstić information content (AvgIpc) is 3.41. The fourth-order valence-corrected chi connectivity index (χ4v) is 3.44. The summed E-state index contributed by atoms with van der Waals surface area (Å²) >= 11 is 1.79. The fraction of sp³-hybridized carbons (Fsp3) is 0.529. The van der Waals surface area contributed by atoms with Crippen LogP contribution >= 0.6 is 11.3 Å². The minimum Gasteiger partial charge on any atom is -0.468 e. The van der Waals surface area contributed by atoms with Crippen LogP contribution in [0.1, 0.15) is 42.6 Å². The zero-order chi connectivity index (χ0) is 14.1. The first-order valence-corrected chi connectivity index (χ1v) is 8.86. The lowest BCUT2D eigenvalue weighted by Gasteiger charge is -2.21. The molecule has 0 atom stereocenters. The third kappa shape index (κ3) is 3.57. The standard InChI is InChI=1S/C17H22N2OS/c1-2-15(1)18-9-17-14(5-7-20-17)11-19(16-3-4-16)10-13-6-8-21-12-13/h5-8,12,15-16,18H,1-4,9-11H2. The number of thiophene rings is 1. The third-order valence-corrected chi connectivity index (χ3v) is 5.10. The van der Waals surface area contributed by atoms with Crippen molar-refractivity contribution in [2.45, 2.75) is 57.4 Å². The van der Waals surface area contributed by atoms with E-state index < -0.39 is 0 Å². The van der Waals surface area contributed by atoms with Crippen molar-refractivity contribution in [3.05, 3.63) is 46.0 Å². The smallest absolute Gasteiger partial charge is 0.122 e. The zero-order valence-corrected chi connectivity index (χ0v) is 13.1. The molecule has 4 heteroatoms. The van der Waals surface area contributed by atoms with Crippen LogP contribution in [0.25, 0.3) is 0 Å². The second-order valence-corrected chi connectivity index (χ2v) is 7.07. The van der Waals surface area contributed by atoms with Gasteiger partial charge in [-0.05, 0) is 54.1 Å². The van der Waals surface area contributed by atoms with E-state index in [0.717, 1.165) is 37.5 Å². The summed E-state index contributed by atoms with van der Waals surface area (Å²) in [6.45, 7) is 2.96. The van der Waals surface area contributed by atoms with E-state index in [9.17, 15) is 0 Å². The van der Waals surface area contributed by atoms with Crippen molar-refractivity contribution in [1.82, 2.24) is 10.2 Å². The first-order valence-electron chi connectivity index (χ1n) is 7.92. The largest absolute Gasteiger partial charge is 0.468 e. The minimum absolute atomic E-state index is 0.730. The highest BCUT2D eigenvalue weighted by Gasteiger charge is 2.30. The Labute approximate surface area is 130 Å². The van der Waals surface area contributed by atoms with Crippen LogP contribution in [0.2, 0.25) is 0 Å². The third-order valence-electron chi connectivity index (χ3n) is 4.37. The Morgan fingerprint density at radius 1 is 1.19 bits per heavy atom. The van der Waals surface area contributed by atoms with E-state index in [1.807, 2.05) is 6.26 Å². The Bertz CT molecular complexity index is 569. The molecule has 0 amide bonds. The molecule has 2 fully saturated rings. The van der Waals surface area contributed by atoms with E-state index in [1.165, 1.54) is 36.8 Å². The Morgan fingerprint density at radius 2 is 2.10 bits per heavy atom. The van der Waals surface area contributed by atoms with Gasteiger partial charge in [0.05, 0.1) is 12.8 Å². The van der Waals surface area contributed by atoms with Crippen LogP contribution in [-0.4, -0.2) is 17.0 Å². The van der Waals surface area contributed by atoms with Crippen molar-refractivity contribution in [3.63, 3.8) is 0 Å². The van der Waals surface area contributed by atoms with E-state index in [-0.39, 0.29) is 0 Å². The molecule has 4 rings (SSSR count). The quantitative estimate of drug-likeness (QED) is 0.805. The number of rotatable bonds is 8. The van der Waals surface area contributed by atoms with Crippen molar-refractivity contribution < 1.29 is 4.42 Å². The van der Waals surface area contributed by atoms with Gasteiger partial charge in [-0.25, -0.2) is 0 Å². The fourth-order valence-electron chi connectivity index (χ4n) is 2.78. The zero-order valence-electron chi connectivity index (χ0n) is 12.3. The van der Waals surface area contributed by atoms with Gasteiger partial charge in [-0.2, -0.15) is 11.3 Å². The minimum atomic E-state index is 0.730. The summed E-state index contributed by atoms with van der Waals surface area (Å²) in [5.74, 6) is 1.12. The van der Waals surface area contributed by atoms with E-state index in [0.29, 0.717) is 0 Å². The molecule has 2 aromatic rings. The summed E-state index contributed by atoms with van der Waals surface area (Å²) in [5.41, 5.74) is 2.79. The van der Waals surface area contributed by atoms with Crippen molar-refractivity contribution in [1.29, 1.82) is 0 Å². The van der Waals surface area contributed by atoms with Crippen LogP contribution in [-0.2, 0) is 19.6 Å². The molecule has 1 N–H and O–H groups in total. The van der Waals surface area contributed by atoms with E-state index >= 15 is 0 Å². The van der Waals surface area contributed by atoms with Gasteiger partial charge >= 0.3 is 0 Å². The number of hydrogen-bond donors (Lipinski definition) is 1. The highest BCUT2D eigenvalue weighted by atomic mass is 32.1. The molecule has 2 aromatic heterocycles. The molecule has 3 nitrogen and oxygen atoms in total. The van der Waals surface area contributed by atoms with Crippen LogP contribution < -0.4 is 5.32 Å². The van der Waals surface area contributed by atoms with Crippen LogP contribution in [0.15, 0.2) is 33.6 Å². The SMILES string of the molecule is c1cc(CN(Cc2ccsc2)C2CC2)c(CNC2CC2)o1. The molecule has 0 radical (unpaired) electrons. The molecule has 21 heavy (non-hydrogen) atoms. The Kier molecular flexibility index (Phi) is 3.84. The summed E-state index contributed by atoms with van der Waals surface area (Å²) in [6.07, 6.45) is 7.18. The van der Waals surface area contributed by atoms with Gasteiger partial charge in [0.2, 0.25) is 0 Å². The van der Waals surface area contributed by atoms with Crippen LogP contribution in [0.3, 0.4) is 0 Å². The summed E-state index contributed by atoms with van der Waals surface area (Å²) in [5, 5.41) is 7.99. The van der Waals surface area contributed by atoms with E-state index in [4.69, 9.17) is 4.42 Å². The molecule has 2 aliphatic rings. The molecular formula is C17H22N2OS. The number of hydrogen-bond acceptors (Lipinski definition) is 4. The van der Waals surface area contributed by atoms with Gasteiger partial charge in [0.1, 0.15) is 5.76 Å². The highest BCUT2D eigenvalue weighted by molar-refractivity contribution is 7.07. The van der Waals surface area contributed by atoms with Crippen molar-refractivity contribution >= 4 is 11.3 Å². The molecule has 2 saturated carbocycles. The van der Waals surface area contributed by atoms with Gasteiger partial charge in [0.25, 0.3) is 0 Å². The summed E-state index contributed by atoms with van der Waals surface area (Å²) in [7, 11) is 0. The lowest BCUT2D eigenvalue weighted by Crippen LogP contribution is -2.25. The summed E-state index contributed by atoms with van der Waals surface area (Å²) in [4.78, 5) is 2.60. The number of nitrogens with zero attached hydrogens (tertiary/aromatic N) is 1. The Hall–Kier alpha value is -1.10. The number of furan rings is 1. The van der Waals surface area contributed by atoms with Gasteiger partial charge in [0.15, 0.2) is 0 Å².